The van der Waals surface area contributed by atoms with Crippen molar-refractivity contribution in [3.8, 4) is 11.8 Å². The van der Waals surface area contributed by atoms with Gasteiger partial charge in [0.15, 0.2) is 0 Å². The Bertz CT molecular complexity index is 1710. The highest BCUT2D eigenvalue weighted by atomic mass is 32.2. The second-order valence-electron chi connectivity index (χ2n) is 7.75. The van der Waals surface area contributed by atoms with E-state index in [1.54, 1.807) is 24.3 Å². The zero-order valence-electron chi connectivity index (χ0n) is 19.6. The largest absolute Gasteiger partial charge is 0.378 e. The maximum atomic E-state index is 13.1. The van der Waals surface area contributed by atoms with Crippen LogP contribution in [0.4, 0.5) is 15.2 Å². The number of hydrogen-bond donors (Lipinski definition) is 1. The molecule has 11 nitrogen and oxygen atoms in total. The molecule has 0 radical (unpaired) electrons. The molecule has 0 fully saturated rings. The van der Waals surface area contributed by atoms with Crippen molar-refractivity contribution in [3.63, 3.8) is 0 Å². The zero-order valence-corrected chi connectivity index (χ0v) is 21.3. The van der Waals surface area contributed by atoms with Crippen LogP contribution in [0.2, 0.25) is 0 Å². The zero-order chi connectivity index (χ0) is 28.0. The van der Waals surface area contributed by atoms with Gasteiger partial charge in [0.2, 0.25) is 5.13 Å². The second kappa shape index (κ2) is 11.6. The van der Waals surface area contributed by atoms with Gasteiger partial charge in [0.25, 0.3) is 11.6 Å². The van der Waals surface area contributed by atoms with Crippen molar-refractivity contribution in [1.29, 1.82) is 5.26 Å². The summed E-state index contributed by atoms with van der Waals surface area (Å²) in [6, 6.07) is 17.5. The first-order valence-corrected chi connectivity index (χ1v) is 13.1. The molecule has 1 N–H and O–H groups in total. The molecule has 0 aliphatic carbocycles. The molecule has 3 aromatic carbocycles. The summed E-state index contributed by atoms with van der Waals surface area (Å²) in [6.07, 6.45) is 1.51. The number of benzene rings is 3. The molecule has 0 saturated carbocycles. The molecule has 0 unspecified atom stereocenters. The number of anilines is 1. The van der Waals surface area contributed by atoms with Crippen molar-refractivity contribution >= 4 is 44.3 Å². The summed E-state index contributed by atoms with van der Waals surface area (Å²) in [7, 11) is -4.39. The lowest BCUT2D eigenvalue weighted by Crippen LogP contribution is -2.14. The molecule has 14 heteroatoms. The van der Waals surface area contributed by atoms with Crippen LogP contribution in [0.15, 0.2) is 83.3 Å². The number of carbonyl (C=O) groups excluding carboxylic acids is 1. The van der Waals surface area contributed by atoms with Crippen LogP contribution in [-0.2, 0) is 21.3 Å². The molecule has 0 saturated heterocycles. The molecule has 0 aliphatic rings. The van der Waals surface area contributed by atoms with E-state index in [-0.39, 0.29) is 38.4 Å². The minimum absolute atomic E-state index is 0.115. The Kier molecular flexibility index (Phi) is 8.04. The van der Waals surface area contributed by atoms with Gasteiger partial charge in [-0.3, -0.25) is 20.2 Å². The number of nitro benzene ring substituents is 1. The fourth-order valence-corrected chi connectivity index (χ4v) is 4.92. The number of halogens is 1. The molecule has 0 bridgehead atoms. The quantitative estimate of drug-likeness (QED) is 0.101. The molecule has 1 aromatic heterocycles. The normalized spacial score (nSPS) is 11.4. The van der Waals surface area contributed by atoms with Gasteiger partial charge in [-0.15, -0.1) is 10.2 Å². The molecule has 1 amide bonds. The van der Waals surface area contributed by atoms with Crippen LogP contribution in [0.3, 0.4) is 0 Å². The number of nitrogens with zero attached hydrogens (tertiary/aromatic N) is 4. The first kappa shape index (κ1) is 27.0. The number of aromatic nitrogens is 2. The van der Waals surface area contributed by atoms with E-state index in [4.69, 9.17) is 4.18 Å². The molecule has 0 aliphatic heterocycles. The molecule has 4 rings (SSSR count). The third-order valence-corrected chi connectivity index (χ3v) is 7.16. The Morgan fingerprint density at radius 1 is 1.10 bits per heavy atom. The van der Waals surface area contributed by atoms with Gasteiger partial charge < -0.3 is 4.18 Å². The number of non-ortho nitro benzene ring substituents is 1. The SMILES string of the molecule is N#C/C(=C\c1ccccc1OS(=O)(=O)c1ccc([N+](=O)[O-])cc1)C(=O)Nc1nnc(Cc2ccc(F)cc2)s1. The average molecular weight is 566 g/mol. The van der Waals surface area contributed by atoms with E-state index in [9.17, 15) is 33.0 Å². The lowest BCUT2D eigenvalue weighted by atomic mass is 10.1. The molecule has 0 spiro atoms. The van der Waals surface area contributed by atoms with Gasteiger partial charge in [0.1, 0.15) is 33.1 Å². The highest BCUT2D eigenvalue weighted by Gasteiger charge is 2.20. The van der Waals surface area contributed by atoms with Gasteiger partial charge >= 0.3 is 10.1 Å². The first-order valence-electron chi connectivity index (χ1n) is 10.9. The monoisotopic (exact) mass is 565 g/mol. The number of carbonyl (C=O) groups is 1. The maximum absolute atomic E-state index is 13.1. The number of nitro groups is 1. The average Bonchev–Trinajstić information content (AvgIpc) is 3.35. The van der Waals surface area contributed by atoms with E-state index in [1.165, 1.54) is 30.3 Å². The van der Waals surface area contributed by atoms with Crippen LogP contribution in [0, 0.1) is 27.3 Å². The summed E-state index contributed by atoms with van der Waals surface area (Å²) >= 11 is 1.08. The molecular formula is C25H16FN5O6S2. The topological polar surface area (TPSA) is 165 Å². The third-order valence-electron chi connectivity index (χ3n) is 5.08. The summed E-state index contributed by atoms with van der Waals surface area (Å²) < 4.78 is 43.8. The molecular weight excluding hydrogens is 549 g/mol. The summed E-state index contributed by atoms with van der Waals surface area (Å²) in [5, 5.41) is 31.4. The molecule has 0 atom stereocenters. The first-order chi connectivity index (χ1) is 18.6. The van der Waals surface area contributed by atoms with Crippen molar-refractivity contribution in [2.75, 3.05) is 5.32 Å². The van der Waals surface area contributed by atoms with Gasteiger partial charge in [-0.2, -0.15) is 13.7 Å². The van der Waals surface area contributed by atoms with Gasteiger partial charge in [-0.25, -0.2) is 4.39 Å². The molecule has 196 valence electrons. The predicted molar refractivity (Wildman–Crippen MR) is 139 cm³/mol. The molecule has 39 heavy (non-hydrogen) atoms. The van der Waals surface area contributed by atoms with Crippen molar-refractivity contribution in [3.05, 3.63) is 110 Å². The van der Waals surface area contributed by atoms with E-state index < -0.39 is 20.9 Å². The van der Waals surface area contributed by atoms with Gasteiger partial charge in [-0.1, -0.05) is 41.7 Å². The lowest BCUT2D eigenvalue weighted by Gasteiger charge is -2.10. The van der Waals surface area contributed by atoms with Gasteiger partial charge in [0, 0.05) is 24.1 Å². The third kappa shape index (κ3) is 6.86. The maximum Gasteiger partial charge on any atom is 0.339 e. The van der Waals surface area contributed by atoms with E-state index >= 15 is 0 Å². The molecule has 4 aromatic rings. The van der Waals surface area contributed by atoms with E-state index in [2.05, 4.69) is 15.5 Å². The Balaban J connectivity index is 1.50. The van der Waals surface area contributed by atoms with Crippen molar-refractivity contribution in [1.82, 2.24) is 10.2 Å². The van der Waals surface area contributed by atoms with Crippen LogP contribution in [0.1, 0.15) is 16.1 Å². The highest BCUT2D eigenvalue weighted by Crippen LogP contribution is 2.27. The lowest BCUT2D eigenvalue weighted by molar-refractivity contribution is -0.384. The Morgan fingerprint density at radius 3 is 2.46 bits per heavy atom. The number of rotatable bonds is 9. The number of nitrogens with one attached hydrogen (secondary N) is 1. The number of hydrogen-bond acceptors (Lipinski definition) is 10. The van der Waals surface area contributed by atoms with Gasteiger partial charge in [0.05, 0.1) is 4.92 Å². The summed E-state index contributed by atoms with van der Waals surface area (Å²) in [5.41, 5.74) is 0.251. The summed E-state index contributed by atoms with van der Waals surface area (Å²) in [5.74, 6) is -1.35. The van der Waals surface area contributed by atoms with Crippen LogP contribution in [-0.4, -0.2) is 29.4 Å². The fourth-order valence-electron chi connectivity index (χ4n) is 3.20. The van der Waals surface area contributed by atoms with E-state index in [0.29, 0.717) is 11.4 Å². The Morgan fingerprint density at radius 2 is 1.79 bits per heavy atom. The summed E-state index contributed by atoms with van der Waals surface area (Å²) in [4.78, 5) is 22.6. The second-order valence-corrected chi connectivity index (χ2v) is 10.4. The van der Waals surface area contributed by atoms with Crippen LogP contribution < -0.4 is 9.50 Å². The fraction of sp³-hybridized carbons (Fsp3) is 0.0400. The number of nitriles is 1. The Hall–Kier alpha value is -5.00. The van der Waals surface area contributed by atoms with Gasteiger partial charge in [-0.05, 0) is 42.0 Å². The summed E-state index contributed by atoms with van der Waals surface area (Å²) in [6.45, 7) is 0. The minimum Gasteiger partial charge on any atom is -0.378 e. The van der Waals surface area contributed by atoms with Crippen LogP contribution in [0.5, 0.6) is 5.75 Å². The highest BCUT2D eigenvalue weighted by molar-refractivity contribution is 7.87. The minimum atomic E-state index is -4.39. The van der Waals surface area contributed by atoms with Crippen molar-refractivity contribution < 1.29 is 26.7 Å². The standard InChI is InChI=1S/C25H16FN5O6S2/c26-19-7-5-16(6-8-19)13-23-29-30-25(38-23)28-24(32)18(15-27)14-17-3-1-2-4-22(17)37-39(35,36)21-11-9-20(10-12-21)31(33)34/h1-12,14H,13H2,(H,28,30,32)/b18-14+. The number of para-hydroxylation sites is 1. The van der Waals surface area contributed by atoms with E-state index in [0.717, 1.165) is 47.2 Å². The molecule has 1 heterocycles. The van der Waals surface area contributed by atoms with E-state index in [1.807, 2.05) is 0 Å². The smallest absolute Gasteiger partial charge is 0.339 e. The predicted octanol–water partition coefficient (Wildman–Crippen LogP) is 4.49. The van der Waals surface area contributed by atoms with Crippen molar-refractivity contribution in [2.24, 2.45) is 0 Å². The van der Waals surface area contributed by atoms with Crippen molar-refractivity contribution in [2.45, 2.75) is 11.3 Å². The number of amides is 1. The van der Waals surface area contributed by atoms with Crippen LogP contribution >= 0.6 is 11.3 Å². The Labute approximate surface area is 225 Å². The van der Waals surface area contributed by atoms with Crippen LogP contribution in [0.25, 0.3) is 6.08 Å².